The molecule has 0 amide bonds. The zero-order valence-corrected chi connectivity index (χ0v) is 38.5. The highest BCUT2D eigenvalue weighted by molar-refractivity contribution is 5.17. The SMILES string of the molecule is CC1O[C@@H](C)C(O[C@@H]2OC(CO)[C@H](O)[C@H](O)C2N)[C@H](O[C@H]2O[C@H](COCc3ccccc3)[C@@H](OCc3ccccc3)C(OCc3ccccc3)C2OCc2ccccc2)[C@H]1OCc1ccccc1. The average Bonchev–Trinajstić information content (AvgIpc) is 3.37. The molecule has 0 aromatic heterocycles. The van der Waals surface area contributed by atoms with Crippen molar-refractivity contribution in [3.63, 3.8) is 0 Å². The summed E-state index contributed by atoms with van der Waals surface area (Å²) in [5, 5.41) is 31.8. The predicted molar refractivity (Wildman–Crippen MR) is 250 cm³/mol. The molecule has 15 atom stereocenters. The lowest BCUT2D eigenvalue weighted by Crippen LogP contribution is -2.67. The van der Waals surface area contributed by atoms with Gasteiger partial charge in [-0.15, -0.1) is 0 Å². The monoisotopic (exact) mass is 935 g/mol. The van der Waals surface area contributed by atoms with Gasteiger partial charge in [-0.2, -0.15) is 0 Å². The van der Waals surface area contributed by atoms with Crippen LogP contribution in [0.25, 0.3) is 0 Å². The van der Waals surface area contributed by atoms with E-state index in [0.717, 1.165) is 27.8 Å². The smallest absolute Gasteiger partial charge is 0.187 e. The molecule has 5 aromatic carbocycles. The molecule has 3 aliphatic heterocycles. The van der Waals surface area contributed by atoms with Gasteiger partial charge in [0, 0.05) is 0 Å². The van der Waals surface area contributed by atoms with E-state index >= 15 is 0 Å². The Morgan fingerprint density at radius 1 is 0.426 bits per heavy atom. The largest absolute Gasteiger partial charge is 0.394 e. The van der Waals surface area contributed by atoms with Gasteiger partial charge in [-0.05, 0) is 41.7 Å². The van der Waals surface area contributed by atoms with Crippen molar-refractivity contribution < 1.29 is 62.7 Å². The summed E-state index contributed by atoms with van der Waals surface area (Å²) in [5.74, 6) is 0. The van der Waals surface area contributed by atoms with Crippen LogP contribution in [-0.4, -0.2) is 120 Å². The summed E-state index contributed by atoms with van der Waals surface area (Å²) < 4.78 is 67.8. The Kier molecular flexibility index (Phi) is 18.3. The molecule has 3 fully saturated rings. The summed E-state index contributed by atoms with van der Waals surface area (Å²) >= 11 is 0. The van der Waals surface area contributed by atoms with Crippen LogP contribution in [-0.2, 0) is 80.4 Å². The summed E-state index contributed by atoms with van der Waals surface area (Å²) in [7, 11) is 0. The average molecular weight is 936 g/mol. The van der Waals surface area contributed by atoms with Crippen LogP contribution in [0, 0.1) is 0 Å². The standard InChI is InChI=1S/C54H65NO13/c1-35-47(60-30-38-20-10-4-11-21-38)51(48(36(2)64-35)67-53-44(55)46(58)45(57)42(28-56)65-53)68-54-52(63-33-41-26-16-7-17-27-41)50(62-32-40-24-14-6-15-25-40)49(61-31-39-22-12-5-13-23-39)43(66-54)34-59-29-37-18-8-3-9-19-37/h3-27,35-36,42-54,56-58H,28-34,55H2,1-2H3/t35?,36-,42?,43+,44?,45-,46+,47-,48?,49+,50?,51+,52?,53-,54+/m0/s1. The normalized spacial score (nSPS) is 31.9. The zero-order valence-electron chi connectivity index (χ0n) is 38.5. The van der Waals surface area contributed by atoms with E-state index in [1.54, 1.807) is 0 Å². The van der Waals surface area contributed by atoms with Crippen LogP contribution in [0.15, 0.2) is 152 Å². The van der Waals surface area contributed by atoms with Crippen molar-refractivity contribution in [2.24, 2.45) is 5.73 Å². The number of hydrogen-bond donors (Lipinski definition) is 4. The van der Waals surface area contributed by atoms with E-state index in [0.29, 0.717) is 6.61 Å². The van der Waals surface area contributed by atoms with Crippen molar-refractivity contribution in [2.75, 3.05) is 13.2 Å². The van der Waals surface area contributed by atoms with Gasteiger partial charge < -0.3 is 68.4 Å². The first-order valence-corrected chi connectivity index (χ1v) is 23.5. The second-order valence-electron chi connectivity index (χ2n) is 17.6. The summed E-state index contributed by atoms with van der Waals surface area (Å²) in [6.07, 6.45) is -13.6. The molecule has 14 nitrogen and oxygen atoms in total. The maximum Gasteiger partial charge on any atom is 0.187 e. The van der Waals surface area contributed by atoms with Gasteiger partial charge in [0.2, 0.25) is 0 Å². The molecular formula is C54H65NO13. The van der Waals surface area contributed by atoms with Crippen LogP contribution >= 0.6 is 0 Å². The molecule has 3 saturated heterocycles. The summed E-state index contributed by atoms with van der Waals surface area (Å²) in [5.41, 5.74) is 11.2. The van der Waals surface area contributed by atoms with Crippen LogP contribution in [0.5, 0.6) is 0 Å². The Bertz CT molecular complexity index is 2180. The van der Waals surface area contributed by atoms with Crippen LogP contribution in [0.2, 0.25) is 0 Å². The molecule has 8 rings (SSSR count). The third-order valence-corrected chi connectivity index (χ3v) is 12.6. The Morgan fingerprint density at radius 3 is 1.31 bits per heavy atom. The van der Waals surface area contributed by atoms with E-state index < -0.39 is 98.5 Å². The number of benzene rings is 5. The number of rotatable bonds is 21. The fourth-order valence-electron chi connectivity index (χ4n) is 8.95. The van der Waals surface area contributed by atoms with Crippen LogP contribution in [0.3, 0.4) is 0 Å². The van der Waals surface area contributed by atoms with Crippen molar-refractivity contribution in [3.8, 4) is 0 Å². The van der Waals surface area contributed by atoms with Crippen LogP contribution in [0.4, 0.5) is 0 Å². The summed E-state index contributed by atoms with van der Waals surface area (Å²) in [6.45, 7) is 4.47. The molecule has 0 radical (unpaired) electrons. The van der Waals surface area contributed by atoms with E-state index in [9.17, 15) is 15.3 Å². The van der Waals surface area contributed by atoms with Crippen LogP contribution < -0.4 is 5.73 Å². The van der Waals surface area contributed by atoms with Gasteiger partial charge in [0.1, 0.15) is 61.0 Å². The van der Waals surface area contributed by atoms with Gasteiger partial charge >= 0.3 is 0 Å². The quantitative estimate of drug-likeness (QED) is 0.0714. The predicted octanol–water partition coefficient (Wildman–Crippen LogP) is 5.61. The first-order valence-electron chi connectivity index (χ1n) is 23.5. The number of aliphatic hydroxyl groups excluding tert-OH is 3. The molecule has 14 heteroatoms. The molecule has 0 spiro atoms. The second kappa shape index (κ2) is 24.9. The zero-order chi connectivity index (χ0) is 47.2. The fraction of sp³-hybridized carbons (Fsp3) is 0.444. The highest BCUT2D eigenvalue weighted by Gasteiger charge is 2.55. The minimum absolute atomic E-state index is 0.104. The Morgan fingerprint density at radius 2 is 0.824 bits per heavy atom. The highest BCUT2D eigenvalue weighted by atomic mass is 16.8. The summed E-state index contributed by atoms with van der Waals surface area (Å²) in [6, 6.07) is 48.1. The molecular weight excluding hydrogens is 871 g/mol. The molecule has 3 aliphatic rings. The Hall–Kier alpha value is -4.46. The van der Waals surface area contributed by atoms with Gasteiger partial charge in [-0.1, -0.05) is 152 Å². The van der Waals surface area contributed by atoms with E-state index in [-0.39, 0.29) is 33.0 Å². The lowest BCUT2D eigenvalue weighted by molar-refractivity contribution is -0.372. The Balaban J connectivity index is 1.18. The molecule has 5 N–H and O–H groups in total. The van der Waals surface area contributed by atoms with Crippen molar-refractivity contribution in [2.45, 2.75) is 139 Å². The molecule has 6 unspecified atom stereocenters. The second-order valence-corrected chi connectivity index (χ2v) is 17.6. The van der Waals surface area contributed by atoms with Crippen LogP contribution in [0.1, 0.15) is 41.7 Å². The minimum Gasteiger partial charge on any atom is -0.394 e. The van der Waals surface area contributed by atoms with Gasteiger partial charge in [0.05, 0.1) is 64.5 Å². The maximum atomic E-state index is 11.0. The molecule has 68 heavy (non-hydrogen) atoms. The van der Waals surface area contributed by atoms with E-state index in [1.807, 2.05) is 166 Å². The molecule has 0 aliphatic carbocycles. The van der Waals surface area contributed by atoms with E-state index in [4.69, 9.17) is 53.1 Å². The maximum absolute atomic E-state index is 11.0. The third-order valence-electron chi connectivity index (χ3n) is 12.6. The third kappa shape index (κ3) is 13.0. The molecule has 364 valence electrons. The minimum atomic E-state index is -1.46. The summed E-state index contributed by atoms with van der Waals surface area (Å²) in [4.78, 5) is 0. The van der Waals surface area contributed by atoms with Crippen molar-refractivity contribution >= 4 is 0 Å². The first kappa shape index (κ1) is 49.9. The number of aliphatic hydroxyl groups is 3. The topological polar surface area (TPSA) is 179 Å². The number of nitrogens with two attached hydrogens (primary N) is 1. The first-order chi connectivity index (χ1) is 33.2. The number of hydrogen-bond acceptors (Lipinski definition) is 14. The van der Waals surface area contributed by atoms with E-state index in [2.05, 4.69) is 0 Å². The van der Waals surface area contributed by atoms with Gasteiger partial charge in [-0.25, -0.2) is 0 Å². The van der Waals surface area contributed by atoms with Crippen molar-refractivity contribution in [3.05, 3.63) is 179 Å². The highest BCUT2D eigenvalue weighted by Crippen LogP contribution is 2.37. The van der Waals surface area contributed by atoms with Gasteiger partial charge in [-0.3, -0.25) is 0 Å². The van der Waals surface area contributed by atoms with Crippen molar-refractivity contribution in [1.29, 1.82) is 0 Å². The Labute approximate surface area is 398 Å². The molecule has 5 aromatic rings. The fourth-order valence-corrected chi connectivity index (χ4v) is 8.95. The lowest BCUT2D eigenvalue weighted by atomic mass is 9.93. The molecule has 0 bridgehead atoms. The lowest BCUT2D eigenvalue weighted by Gasteiger charge is -2.51. The van der Waals surface area contributed by atoms with E-state index in [1.165, 1.54) is 0 Å². The molecule has 3 heterocycles. The molecule has 0 saturated carbocycles. The number of ether oxygens (including phenoxy) is 10. The van der Waals surface area contributed by atoms with Gasteiger partial charge in [0.25, 0.3) is 0 Å². The van der Waals surface area contributed by atoms with Gasteiger partial charge in [0.15, 0.2) is 12.6 Å². The van der Waals surface area contributed by atoms with Crippen molar-refractivity contribution in [1.82, 2.24) is 0 Å².